The summed E-state index contributed by atoms with van der Waals surface area (Å²) in [6, 6.07) is 5.76. The average molecular weight is 236 g/mol. The molecule has 0 amide bonds. The zero-order chi connectivity index (χ0) is 12.9. The molecule has 0 saturated carbocycles. The van der Waals surface area contributed by atoms with E-state index in [1.807, 2.05) is 39.0 Å². The Morgan fingerprint density at radius 2 is 2.06 bits per heavy atom. The van der Waals surface area contributed by atoms with Crippen LogP contribution in [0.4, 0.5) is 0 Å². The SMILES string of the molecule is CCC(CC)(NCc1cccc(C)n1)C(=O)O. The zero-order valence-corrected chi connectivity index (χ0v) is 10.7. The van der Waals surface area contributed by atoms with Crippen molar-refractivity contribution in [1.82, 2.24) is 10.3 Å². The number of carboxylic acids is 1. The van der Waals surface area contributed by atoms with Gasteiger partial charge >= 0.3 is 5.97 Å². The summed E-state index contributed by atoms with van der Waals surface area (Å²) in [5, 5.41) is 12.4. The Kier molecular flexibility index (Phi) is 4.63. The summed E-state index contributed by atoms with van der Waals surface area (Å²) in [6.45, 7) is 6.17. The van der Waals surface area contributed by atoms with Crippen LogP contribution in [-0.4, -0.2) is 21.6 Å². The first-order valence-electron chi connectivity index (χ1n) is 5.95. The lowest BCUT2D eigenvalue weighted by molar-refractivity contribution is -0.145. The molecule has 4 heteroatoms. The maximum atomic E-state index is 11.3. The van der Waals surface area contributed by atoms with Gasteiger partial charge in [-0.05, 0) is 31.9 Å². The molecule has 94 valence electrons. The Balaban J connectivity index is 2.74. The van der Waals surface area contributed by atoms with Gasteiger partial charge in [0, 0.05) is 12.2 Å². The van der Waals surface area contributed by atoms with Crippen molar-refractivity contribution in [2.75, 3.05) is 0 Å². The van der Waals surface area contributed by atoms with Gasteiger partial charge in [-0.25, -0.2) is 0 Å². The number of hydrogen-bond acceptors (Lipinski definition) is 3. The van der Waals surface area contributed by atoms with E-state index in [1.54, 1.807) is 0 Å². The van der Waals surface area contributed by atoms with Gasteiger partial charge in [-0.1, -0.05) is 19.9 Å². The van der Waals surface area contributed by atoms with E-state index < -0.39 is 11.5 Å². The minimum Gasteiger partial charge on any atom is -0.480 e. The Labute approximate surface area is 102 Å². The van der Waals surface area contributed by atoms with Crippen molar-refractivity contribution in [3.8, 4) is 0 Å². The number of carboxylic acid groups (broad SMARTS) is 1. The second-order valence-electron chi connectivity index (χ2n) is 4.22. The number of hydrogen-bond donors (Lipinski definition) is 2. The molecule has 1 heterocycles. The first kappa shape index (κ1) is 13.6. The van der Waals surface area contributed by atoms with Crippen LogP contribution in [0.3, 0.4) is 0 Å². The van der Waals surface area contributed by atoms with E-state index in [2.05, 4.69) is 10.3 Å². The predicted molar refractivity (Wildman–Crippen MR) is 66.8 cm³/mol. The van der Waals surface area contributed by atoms with Crippen LogP contribution in [0.25, 0.3) is 0 Å². The largest absolute Gasteiger partial charge is 0.480 e. The Morgan fingerprint density at radius 1 is 1.41 bits per heavy atom. The normalized spacial score (nSPS) is 11.5. The number of aliphatic carboxylic acids is 1. The molecule has 0 unspecified atom stereocenters. The second-order valence-corrected chi connectivity index (χ2v) is 4.22. The van der Waals surface area contributed by atoms with Crippen molar-refractivity contribution in [2.45, 2.75) is 45.7 Å². The summed E-state index contributed by atoms with van der Waals surface area (Å²) in [7, 11) is 0. The summed E-state index contributed by atoms with van der Waals surface area (Å²) < 4.78 is 0. The highest BCUT2D eigenvalue weighted by atomic mass is 16.4. The lowest BCUT2D eigenvalue weighted by Gasteiger charge is -2.28. The highest BCUT2D eigenvalue weighted by Gasteiger charge is 2.33. The van der Waals surface area contributed by atoms with E-state index in [4.69, 9.17) is 0 Å². The van der Waals surface area contributed by atoms with Crippen molar-refractivity contribution in [2.24, 2.45) is 0 Å². The minimum atomic E-state index is -0.842. The standard InChI is InChI=1S/C13H20N2O2/c1-4-13(5-2,12(16)17)14-9-11-8-6-7-10(3)15-11/h6-8,14H,4-5,9H2,1-3H3,(H,16,17). The summed E-state index contributed by atoms with van der Waals surface area (Å²) in [5.41, 5.74) is 0.974. The third-order valence-electron chi connectivity index (χ3n) is 3.17. The summed E-state index contributed by atoms with van der Waals surface area (Å²) in [6.07, 6.45) is 1.12. The molecule has 0 radical (unpaired) electrons. The topological polar surface area (TPSA) is 62.2 Å². The van der Waals surface area contributed by atoms with Crippen LogP contribution >= 0.6 is 0 Å². The third-order valence-corrected chi connectivity index (χ3v) is 3.17. The van der Waals surface area contributed by atoms with Gasteiger partial charge in [0.15, 0.2) is 0 Å². The molecule has 1 rings (SSSR count). The number of aromatic nitrogens is 1. The fourth-order valence-corrected chi connectivity index (χ4v) is 1.84. The van der Waals surface area contributed by atoms with Crippen molar-refractivity contribution >= 4 is 5.97 Å². The van der Waals surface area contributed by atoms with E-state index >= 15 is 0 Å². The van der Waals surface area contributed by atoms with E-state index in [0.29, 0.717) is 19.4 Å². The molecule has 0 fully saturated rings. The first-order valence-corrected chi connectivity index (χ1v) is 5.95. The maximum Gasteiger partial charge on any atom is 0.323 e. The molecular formula is C13H20N2O2. The van der Waals surface area contributed by atoms with Crippen LogP contribution in [0.15, 0.2) is 18.2 Å². The molecule has 17 heavy (non-hydrogen) atoms. The monoisotopic (exact) mass is 236 g/mol. The highest BCUT2D eigenvalue weighted by molar-refractivity contribution is 5.78. The van der Waals surface area contributed by atoms with Gasteiger partial charge in [-0.3, -0.25) is 15.1 Å². The molecule has 0 aliphatic rings. The molecule has 0 aromatic carbocycles. The van der Waals surface area contributed by atoms with Gasteiger partial charge in [0.05, 0.1) is 5.69 Å². The van der Waals surface area contributed by atoms with E-state index in [9.17, 15) is 9.90 Å². The predicted octanol–water partition coefficient (Wildman–Crippen LogP) is 2.12. The maximum absolute atomic E-state index is 11.3. The first-order chi connectivity index (χ1) is 8.04. The van der Waals surface area contributed by atoms with E-state index in [0.717, 1.165) is 11.4 Å². The Bertz CT molecular complexity index is 387. The van der Waals surface area contributed by atoms with Gasteiger partial charge in [-0.2, -0.15) is 0 Å². The Morgan fingerprint density at radius 3 is 2.53 bits per heavy atom. The third kappa shape index (κ3) is 3.27. The molecule has 1 aromatic heterocycles. The van der Waals surface area contributed by atoms with Crippen LogP contribution < -0.4 is 5.32 Å². The van der Waals surface area contributed by atoms with Crippen LogP contribution in [0, 0.1) is 6.92 Å². The lowest BCUT2D eigenvalue weighted by atomic mass is 9.93. The molecule has 0 atom stereocenters. The minimum absolute atomic E-state index is 0.482. The second kappa shape index (κ2) is 5.77. The number of nitrogens with one attached hydrogen (secondary N) is 1. The molecule has 0 aliphatic carbocycles. The molecule has 0 saturated heterocycles. The lowest BCUT2D eigenvalue weighted by Crippen LogP contribution is -2.50. The molecule has 0 bridgehead atoms. The molecule has 2 N–H and O–H groups in total. The number of rotatable bonds is 6. The van der Waals surface area contributed by atoms with Crippen LogP contribution in [0.1, 0.15) is 38.1 Å². The molecule has 0 aliphatic heterocycles. The van der Waals surface area contributed by atoms with E-state index in [1.165, 1.54) is 0 Å². The quantitative estimate of drug-likeness (QED) is 0.794. The van der Waals surface area contributed by atoms with Crippen LogP contribution in [0.5, 0.6) is 0 Å². The molecule has 1 aromatic rings. The summed E-state index contributed by atoms with van der Waals surface area (Å²) in [4.78, 5) is 15.6. The van der Waals surface area contributed by atoms with Crippen molar-refractivity contribution in [1.29, 1.82) is 0 Å². The number of nitrogens with zero attached hydrogens (tertiary/aromatic N) is 1. The number of pyridine rings is 1. The number of carbonyl (C=O) groups is 1. The fraction of sp³-hybridized carbons (Fsp3) is 0.538. The van der Waals surface area contributed by atoms with Crippen LogP contribution in [0.2, 0.25) is 0 Å². The fourth-order valence-electron chi connectivity index (χ4n) is 1.84. The zero-order valence-electron chi connectivity index (χ0n) is 10.7. The molecule has 0 spiro atoms. The Hall–Kier alpha value is -1.42. The van der Waals surface area contributed by atoms with Gasteiger partial charge in [0.2, 0.25) is 0 Å². The number of aryl methyl sites for hydroxylation is 1. The summed E-state index contributed by atoms with van der Waals surface area (Å²) in [5.74, 6) is -0.796. The van der Waals surface area contributed by atoms with Crippen molar-refractivity contribution < 1.29 is 9.90 Å². The van der Waals surface area contributed by atoms with Gasteiger partial charge < -0.3 is 5.11 Å². The van der Waals surface area contributed by atoms with Gasteiger partial charge in [0.25, 0.3) is 0 Å². The van der Waals surface area contributed by atoms with Crippen molar-refractivity contribution in [3.63, 3.8) is 0 Å². The highest BCUT2D eigenvalue weighted by Crippen LogP contribution is 2.16. The van der Waals surface area contributed by atoms with Gasteiger partial charge in [0.1, 0.15) is 5.54 Å². The summed E-state index contributed by atoms with van der Waals surface area (Å²) >= 11 is 0. The van der Waals surface area contributed by atoms with Crippen LogP contribution in [-0.2, 0) is 11.3 Å². The molecule has 4 nitrogen and oxygen atoms in total. The van der Waals surface area contributed by atoms with E-state index in [-0.39, 0.29) is 0 Å². The smallest absolute Gasteiger partial charge is 0.323 e. The average Bonchev–Trinajstić information content (AvgIpc) is 2.31. The molecular weight excluding hydrogens is 216 g/mol. The van der Waals surface area contributed by atoms with Gasteiger partial charge in [-0.15, -0.1) is 0 Å². The van der Waals surface area contributed by atoms with Crippen molar-refractivity contribution in [3.05, 3.63) is 29.6 Å².